The van der Waals surface area contributed by atoms with Gasteiger partial charge in [-0.3, -0.25) is 9.69 Å². The second-order valence-electron chi connectivity index (χ2n) is 4.14. The molecule has 0 spiro atoms. The van der Waals surface area contributed by atoms with Gasteiger partial charge in [0.25, 0.3) is 0 Å². The summed E-state index contributed by atoms with van der Waals surface area (Å²) in [6.07, 6.45) is 1.09. The van der Waals surface area contributed by atoms with Crippen molar-refractivity contribution in [3.8, 4) is 0 Å². The number of carbonyl (C=O) groups excluding carboxylic acids is 1. The fraction of sp³-hybridized carbons (Fsp3) is 0.909. The predicted molar refractivity (Wildman–Crippen MR) is 56.1 cm³/mol. The fourth-order valence-corrected chi connectivity index (χ4v) is 2.27. The Morgan fingerprint density at radius 1 is 1.57 bits per heavy atom. The molecule has 1 aliphatic rings. The first-order valence-electron chi connectivity index (χ1n) is 5.49. The molecule has 0 radical (unpaired) electrons. The van der Waals surface area contributed by atoms with Crippen LogP contribution in [0.3, 0.4) is 0 Å². The van der Waals surface area contributed by atoms with Crippen molar-refractivity contribution in [2.24, 2.45) is 5.92 Å². The average molecular weight is 199 g/mol. The molecule has 1 rings (SSSR count). The molecular formula is C11H21NO2. The molecule has 0 amide bonds. The second kappa shape index (κ2) is 4.30. The van der Waals surface area contributed by atoms with E-state index in [1.165, 1.54) is 0 Å². The molecule has 1 aliphatic heterocycles. The topological polar surface area (TPSA) is 29.5 Å². The van der Waals surface area contributed by atoms with Crippen LogP contribution in [0.4, 0.5) is 0 Å². The number of hydrogen-bond donors (Lipinski definition) is 0. The second-order valence-corrected chi connectivity index (χ2v) is 4.14. The summed E-state index contributed by atoms with van der Waals surface area (Å²) in [4.78, 5) is 14.1. The van der Waals surface area contributed by atoms with Crippen LogP contribution in [0.1, 0.15) is 34.1 Å². The summed E-state index contributed by atoms with van der Waals surface area (Å²) < 4.78 is 5.15. The van der Waals surface area contributed by atoms with E-state index >= 15 is 0 Å². The highest BCUT2D eigenvalue weighted by molar-refractivity contribution is 5.81. The normalized spacial score (nSPS) is 33.3. The number of likely N-dealkylation sites (N-methyl/N-ethyl adjacent to an activating group) is 1. The Morgan fingerprint density at radius 2 is 2.21 bits per heavy atom. The molecule has 0 saturated carbocycles. The zero-order valence-corrected chi connectivity index (χ0v) is 9.67. The fourth-order valence-electron chi connectivity index (χ4n) is 2.27. The van der Waals surface area contributed by atoms with Gasteiger partial charge in [-0.25, -0.2) is 0 Å². The van der Waals surface area contributed by atoms with Gasteiger partial charge in [-0.05, 0) is 39.3 Å². The monoisotopic (exact) mass is 199 g/mol. The van der Waals surface area contributed by atoms with E-state index in [1.807, 2.05) is 13.8 Å². The van der Waals surface area contributed by atoms with Crippen LogP contribution in [-0.2, 0) is 9.53 Å². The van der Waals surface area contributed by atoms with Gasteiger partial charge in [-0.15, -0.1) is 0 Å². The van der Waals surface area contributed by atoms with Gasteiger partial charge in [0, 0.05) is 0 Å². The van der Waals surface area contributed by atoms with E-state index in [0.717, 1.165) is 19.5 Å². The summed E-state index contributed by atoms with van der Waals surface area (Å²) in [5.74, 6) is 0.327. The van der Waals surface area contributed by atoms with Crippen molar-refractivity contribution in [2.45, 2.75) is 39.7 Å². The Balaban J connectivity index is 2.81. The zero-order valence-electron chi connectivity index (χ0n) is 9.67. The largest absolute Gasteiger partial charge is 0.465 e. The van der Waals surface area contributed by atoms with E-state index in [9.17, 15) is 4.79 Å². The standard InChI is InChI=1S/C11H21NO2/c1-5-12-8-7-9(3)11(12,4)10(13)14-6-2/h9H,5-8H2,1-4H3/t9-,11+/m0/s1. The Hall–Kier alpha value is -0.570. The predicted octanol–water partition coefficient (Wildman–Crippen LogP) is 1.67. The van der Waals surface area contributed by atoms with Crippen LogP contribution in [0, 0.1) is 5.92 Å². The minimum Gasteiger partial charge on any atom is -0.465 e. The van der Waals surface area contributed by atoms with Crippen LogP contribution in [0.25, 0.3) is 0 Å². The Labute approximate surface area is 86.4 Å². The van der Waals surface area contributed by atoms with E-state index in [4.69, 9.17) is 4.74 Å². The summed E-state index contributed by atoms with van der Waals surface area (Å²) in [6, 6.07) is 0. The highest BCUT2D eigenvalue weighted by Gasteiger charge is 2.48. The smallest absolute Gasteiger partial charge is 0.326 e. The molecule has 0 aromatic rings. The minimum atomic E-state index is -0.398. The number of esters is 1. The summed E-state index contributed by atoms with van der Waals surface area (Å²) in [5.41, 5.74) is -0.398. The van der Waals surface area contributed by atoms with Crippen molar-refractivity contribution in [3.05, 3.63) is 0 Å². The summed E-state index contributed by atoms with van der Waals surface area (Å²) in [5, 5.41) is 0. The number of rotatable bonds is 3. The van der Waals surface area contributed by atoms with Gasteiger partial charge < -0.3 is 4.74 Å². The summed E-state index contributed by atoms with van der Waals surface area (Å²) >= 11 is 0. The van der Waals surface area contributed by atoms with Gasteiger partial charge in [0.1, 0.15) is 5.54 Å². The third-order valence-corrected chi connectivity index (χ3v) is 3.52. The Morgan fingerprint density at radius 3 is 2.71 bits per heavy atom. The Bertz CT molecular complexity index is 217. The maximum absolute atomic E-state index is 11.9. The molecule has 1 heterocycles. The van der Waals surface area contributed by atoms with Crippen molar-refractivity contribution < 1.29 is 9.53 Å². The number of likely N-dealkylation sites (tertiary alicyclic amines) is 1. The lowest BCUT2D eigenvalue weighted by Crippen LogP contribution is -2.52. The lowest BCUT2D eigenvalue weighted by atomic mass is 9.88. The maximum Gasteiger partial charge on any atom is 0.326 e. The molecule has 2 atom stereocenters. The molecule has 82 valence electrons. The van der Waals surface area contributed by atoms with E-state index < -0.39 is 5.54 Å². The maximum atomic E-state index is 11.9. The molecule has 0 aromatic heterocycles. The molecule has 0 aromatic carbocycles. The summed E-state index contributed by atoms with van der Waals surface area (Å²) in [6.45, 7) is 10.5. The molecule has 14 heavy (non-hydrogen) atoms. The molecule has 1 saturated heterocycles. The van der Waals surface area contributed by atoms with E-state index in [1.54, 1.807) is 0 Å². The minimum absolute atomic E-state index is 0.0631. The molecule has 3 heteroatoms. The summed E-state index contributed by atoms with van der Waals surface area (Å²) in [7, 11) is 0. The van der Waals surface area contributed by atoms with Gasteiger partial charge in [-0.1, -0.05) is 13.8 Å². The van der Waals surface area contributed by atoms with Crippen molar-refractivity contribution in [1.82, 2.24) is 4.90 Å². The third-order valence-electron chi connectivity index (χ3n) is 3.52. The number of hydrogen-bond acceptors (Lipinski definition) is 3. The van der Waals surface area contributed by atoms with Crippen LogP contribution in [0.2, 0.25) is 0 Å². The molecule has 0 unspecified atom stereocenters. The highest BCUT2D eigenvalue weighted by Crippen LogP contribution is 2.35. The van der Waals surface area contributed by atoms with E-state index in [-0.39, 0.29) is 5.97 Å². The lowest BCUT2D eigenvalue weighted by molar-refractivity contribution is -0.157. The SMILES string of the molecule is CCOC(=O)[C@@]1(C)[C@@H](C)CCN1CC. The first-order valence-corrected chi connectivity index (χ1v) is 5.49. The van der Waals surface area contributed by atoms with Gasteiger partial charge >= 0.3 is 5.97 Å². The first kappa shape index (κ1) is 11.5. The quantitative estimate of drug-likeness (QED) is 0.648. The number of carbonyl (C=O) groups is 1. The van der Waals surface area contributed by atoms with Crippen LogP contribution in [0.15, 0.2) is 0 Å². The van der Waals surface area contributed by atoms with E-state index in [2.05, 4.69) is 18.7 Å². The van der Waals surface area contributed by atoms with Crippen molar-refractivity contribution in [3.63, 3.8) is 0 Å². The Kier molecular flexibility index (Phi) is 3.53. The molecule has 0 bridgehead atoms. The number of ether oxygens (including phenoxy) is 1. The van der Waals surface area contributed by atoms with Gasteiger partial charge in [0.2, 0.25) is 0 Å². The molecule has 0 aliphatic carbocycles. The van der Waals surface area contributed by atoms with Crippen molar-refractivity contribution >= 4 is 5.97 Å². The molecule has 1 fully saturated rings. The first-order chi connectivity index (χ1) is 6.57. The van der Waals surface area contributed by atoms with E-state index in [0.29, 0.717) is 12.5 Å². The lowest BCUT2D eigenvalue weighted by Gasteiger charge is -2.34. The van der Waals surface area contributed by atoms with Crippen molar-refractivity contribution in [2.75, 3.05) is 19.7 Å². The number of nitrogens with zero attached hydrogens (tertiary/aromatic N) is 1. The van der Waals surface area contributed by atoms with Crippen LogP contribution in [0.5, 0.6) is 0 Å². The van der Waals surface area contributed by atoms with Crippen LogP contribution < -0.4 is 0 Å². The van der Waals surface area contributed by atoms with Crippen LogP contribution in [-0.4, -0.2) is 36.1 Å². The third kappa shape index (κ3) is 1.65. The van der Waals surface area contributed by atoms with Gasteiger partial charge in [0.05, 0.1) is 6.61 Å². The van der Waals surface area contributed by atoms with Gasteiger partial charge in [0.15, 0.2) is 0 Å². The highest BCUT2D eigenvalue weighted by atomic mass is 16.5. The molecule has 3 nitrogen and oxygen atoms in total. The average Bonchev–Trinajstić information content (AvgIpc) is 2.45. The molecular weight excluding hydrogens is 178 g/mol. The van der Waals surface area contributed by atoms with Crippen LogP contribution >= 0.6 is 0 Å². The van der Waals surface area contributed by atoms with Gasteiger partial charge in [-0.2, -0.15) is 0 Å². The van der Waals surface area contributed by atoms with Crippen molar-refractivity contribution in [1.29, 1.82) is 0 Å². The molecule has 0 N–H and O–H groups in total. The zero-order chi connectivity index (χ0) is 10.8.